The van der Waals surface area contributed by atoms with Crippen molar-refractivity contribution in [2.75, 3.05) is 26.7 Å². The molecule has 0 saturated carbocycles. The quantitative estimate of drug-likeness (QED) is 0.421. The third-order valence-electron chi connectivity index (χ3n) is 4.97. The lowest BCUT2D eigenvalue weighted by molar-refractivity contribution is -0.0494. The molecule has 0 aliphatic carbocycles. The number of hydrogen-bond donors (Lipinski definition) is 2. The van der Waals surface area contributed by atoms with Crippen molar-refractivity contribution in [1.29, 1.82) is 0 Å². The smallest absolute Gasteiger partial charge is 0.356 e. The zero-order valence-electron chi connectivity index (χ0n) is 16.6. The first-order valence-corrected chi connectivity index (χ1v) is 10.6. The second kappa shape index (κ2) is 8.86. The van der Waals surface area contributed by atoms with Gasteiger partial charge in [-0.3, -0.25) is 4.99 Å². The van der Waals surface area contributed by atoms with E-state index in [1.165, 1.54) is 12.1 Å². The molecule has 6 nitrogen and oxygen atoms in total. The minimum Gasteiger partial charge on any atom is -0.356 e. The van der Waals surface area contributed by atoms with Crippen LogP contribution in [0.2, 0.25) is 0 Å². The number of piperidine rings is 1. The Morgan fingerprint density at radius 2 is 1.72 bits per heavy atom. The number of alkyl halides is 3. The predicted molar refractivity (Wildman–Crippen MR) is 103 cm³/mol. The first-order valence-electron chi connectivity index (χ1n) is 9.16. The van der Waals surface area contributed by atoms with E-state index in [0.717, 1.165) is 5.56 Å². The summed E-state index contributed by atoms with van der Waals surface area (Å²) in [4.78, 5) is 4.12. The summed E-state index contributed by atoms with van der Waals surface area (Å²) in [5, 5.41) is 6.29. The van der Waals surface area contributed by atoms with Crippen LogP contribution in [0.15, 0.2) is 29.3 Å². The highest BCUT2D eigenvalue weighted by Crippen LogP contribution is 2.29. The zero-order chi connectivity index (χ0) is 21.9. The van der Waals surface area contributed by atoms with E-state index in [1.807, 2.05) is 13.8 Å². The average molecular weight is 438 g/mol. The Labute approximate surface area is 168 Å². The first kappa shape index (κ1) is 23.4. The number of nitrogens with zero attached hydrogens (tertiary/aromatic N) is 2. The maximum atomic E-state index is 13.1. The van der Waals surface area contributed by atoms with Gasteiger partial charge in [0.15, 0.2) is 5.96 Å². The first-order chi connectivity index (χ1) is 13.4. The molecule has 0 spiro atoms. The summed E-state index contributed by atoms with van der Waals surface area (Å²) in [6.07, 6.45) is 0.467. The molecule has 2 N–H and O–H groups in total. The van der Waals surface area contributed by atoms with Crippen molar-refractivity contribution in [3.05, 3.63) is 35.6 Å². The van der Waals surface area contributed by atoms with Gasteiger partial charge >= 0.3 is 15.5 Å². The Kier molecular flexibility index (Phi) is 7.15. The van der Waals surface area contributed by atoms with Gasteiger partial charge < -0.3 is 10.6 Å². The standard InChI is InChI=1S/C18H26F4N4O2S/c1-17(2,13-4-6-14(19)7-5-13)12-24-16(23-3)25-15-8-10-26(11-9-15)29(27,28)18(20,21)22/h4-7,15H,8-12H2,1-3H3,(H2,23,24,25). The van der Waals surface area contributed by atoms with Gasteiger partial charge in [-0.25, -0.2) is 12.8 Å². The molecule has 0 bridgehead atoms. The average Bonchev–Trinajstić information content (AvgIpc) is 2.65. The van der Waals surface area contributed by atoms with E-state index in [0.29, 0.717) is 16.8 Å². The lowest BCUT2D eigenvalue weighted by Gasteiger charge is -2.33. The summed E-state index contributed by atoms with van der Waals surface area (Å²) in [6.45, 7) is 4.04. The van der Waals surface area contributed by atoms with Gasteiger partial charge in [0, 0.05) is 38.1 Å². The number of hydrogen-bond acceptors (Lipinski definition) is 3. The van der Waals surface area contributed by atoms with E-state index in [9.17, 15) is 26.0 Å². The van der Waals surface area contributed by atoms with Gasteiger partial charge in [-0.15, -0.1) is 0 Å². The maximum absolute atomic E-state index is 13.1. The Balaban J connectivity index is 1.89. The summed E-state index contributed by atoms with van der Waals surface area (Å²) in [6, 6.07) is 6.02. The zero-order valence-corrected chi connectivity index (χ0v) is 17.4. The monoisotopic (exact) mass is 438 g/mol. The van der Waals surface area contributed by atoms with Crippen LogP contribution in [0.25, 0.3) is 0 Å². The van der Waals surface area contributed by atoms with E-state index in [1.54, 1.807) is 19.2 Å². The van der Waals surface area contributed by atoms with Crippen molar-refractivity contribution >= 4 is 16.0 Å². The van der Waals surface area contributed by atoms with Gasteiger partial charge in [0.25, 0.3) is 0 Å². The lowest BCUT2D eigenvalue weighted by atomic mass is 9.84. The minimum atomic E-state index is -5.29. The van der Waals surface area contributed by atoms with Crippen LogP contribution in [0.5, 0.6) is 0 Å². The number of benzene rings is 1. The van der Waals surface area contributed by atoms with Crippen molar-refractivity contribution in [3.8, 4) is 0 Å². The Bertz CT molecular complexity index is 815. The fourth-order valence-corrected chi connectivity index (χ4v) is 4.07. The summed E-state index contributed by atoms with van der Waals surface area (Å²) >= 11 is 0. The number of halogens is 4. The van der Waals surface area contributed by atoms with Crippen LogP contribution < -0.4 is 10.6 Å². The summed E-state index contributed by atoms with van der Waals surface area (Å²) in [7, 11) is -3.71. The number of guanidine groups is 1. The molecule has 2 rings (SSSR count). The topological polar surface area (TPSA) is 73.8 Å². The fraction of sp³-hybridized carbons (Fsp3) is 0.611. The van der Waals surface area contributed by atoms with Crippen LogP contribution in [0.4, 0.5) is 17.6 Å². The van der Waals surface area contributed by atoms with Crippen LogP contribution in [0.1, 0.15) is 32.3 Å². The molecular weight excluding hydrogens is 412 g/mol. The summed E-state index contributed by atoms with van der Waals surface area (Å²) < 4.78 is 74.5. The number of rotatable bonds is 5. The van der Waals surface area contributed by atoms with Gasteiger partial charge in [0.1, 0.15) is 5.82 Å². The molecule has 164 valence electrons. The summed E-state index contributed by atoms with van der Waals surface area (Å²) in [5.41, 5.74) is -4.67. The maximum Gasteiger partial charge on any atom is 0.511 e. The highest BCUT2D eigenvalue weighted by Gasteiger charge is 2.50. The third kappa shape index (κ3) is 5.81. The Morgan fingerprint density at radius 3 is 2.21 bits per heavy atom. The lowest BCUT2D eigenvalue weighted by Crippen LogP contribution is -2.52. The largest absolute Gasteiger partial charge is 0.511 e. The molecule has 1 heterocycles. The van der Waals surface area contributed by atoms with Crippen LogP contribution in [0.3, 0.4) is 0 Å². The van der Waals surface area contributed by atoms with Crippen LogP contribution >= 0.6 is 0 Å². The second-order valence-corrected chi connectivity index (χ2v) is 9.51. The van der Waals surface area contributed by atoms with Gasteiger partial charge in [-0.05, 0) is 30.5 Å². The number of sulfonamides is 1. The van der Waals surface area contributed by atoms with Crippen molar-refractivity contribution < 1.29 is 26.0 Å². The van der Waals surface area contributed by atoms with E-state index in [4.69, 9.17) is 0 Å². The number of nitrogens with one attached hydrogen (secondary N) is 2. The van der Waals surface area contributed by atoms with E-state index in [-0.39, 0.29) is 43.2 Å². The Hall–Kier alpha value is -1.88. The van der Waals surface area contributed by atoms with Gasteiger partial charge in [-0.2, -0.15) is 17.5 Å². The molecule has 1 aliphatic heterocycles. The van der Waals surface area contributed by atoms with Gasteiger partial charge in [0.05, 0.1) is 0 Å². The highest BCUT2D eigenvalue weighted by molar-refractivity contribution is 7.90. The molecule has 0 radical (unpaired) electrons. The van der Waals surface area contributed by atoms with Crippen molar-refractivity contribution in [2.24, 2.45) is 4.99 Å². The molecule has 11 heteroatoms. The van der Waals surface area contributed by atoms with Crippen LogP contribution in [-0.4, -0.2) is 56.9 Å². The molecule has 1 saturated heterocycles. The van der Waals surface area contributed by atoms with Gasteiger partial charge in [0.2, 0.25) is 0 Å². The molecule has 0 aromatic heterocycles. The molecule has 29 heavy (non-hydrogen) atoms. The van der Waals surface area contributed by atoms with Crippen molar-refractivity contribution in [3.63, 3.8) is 0 Å². The molecule has 0 amide bonds. The highest BCUT2D eigenvalue weighted by atomic mass is 32.2. The van der Waals surface area contributed by atoms with E-state index < -0.39 is 15.5 Å². The molecule has 0 unspecified atom stereocenters. The fourth-order valence-electron chi connectivity index (χ4n) is 3.08. The second-order valence-electron chi connectivity index (χ2n) is 7.58. The normalized spacial score (nSPS) is 18.0. The van der Waals surface area contributed by atoms with Crippen molar-refractivity contribution in [1.82, 2.24) is 14.9 Å². The van der Waals surface area contributed by atoms with E-state index in [2.05, 4.69) is 15.6 Å². The Morgan fingerprint density at radius 1 is 1.17 bits per heavy atom. The minimum absolute atomic E-state index is 0.199. The van der Waals surface area contributed by atoms with Gasteiger partial charge in [-0.1, -0.05) is 26.0 Å². The SMILES string of the molecule is CN=C(NCC(C)(C)c1ccc(F)cc1)NC1CCN(S(=O)(=O)C(F)(F)F)CC1. The summed E-state index contributed by atoms with van der Waals surface area (Å²) in [5.74, 6) is 0.159. The molecule has 1 aliphatic rings. The van der Waals surface area contributed by atoms with Crippen LogP contribution in [0, 0.1) is 5.82 Å². The number of aliphatic imine (C=N–C) groups is 1. The molecule has 0 atom stereocenters. The van der Waals surface area contributed by atoms with Crippen molar-refractivity contribution in [2.45, 2.75) is 43.7 Å². The van der Waals surface area contributed by atoms with E-state index >= 15 is 0 Å². The third-order valence-corrected chi connectivity index (χ3v) is 6.60. The molecule has 1 aromatic carbocycles. The van der Waals surface area contributed by atoms with Crippen LogP contribution in [-0.2, 0) is 15.4 Å². The molecule has 1 fully saturated rings. The predicted octanol–water partition coefficient (Wildman–Crippen LogP) is 2.58. The molecule has 1 aromatic rings. The molecular formula is C18H26F4N4O2S.